The summed E-state index contributed by atoms with van der Waals surface area (Å²) < 4.78 is 0. The summed E-state index contributed by atoms with van der Waals surface area (Å²) in [5, 5.41) is 0. The molecule has 0 bridgehead atoms. The molecule has 1 saturated carbocycles. The first-order valence-electron chi connectivity index (χ1n) is 5.40. The Bertz CT molecular complexity index is 271. The minimum absolute atomic E-state index is 0.879. The summed E-state index contributed by atoms with van der Waals surface area (Å²) >= 11 is 0. The second-order valence-electron chi connectivity index (χ2n) is 4.00. The van der Waals surface area contributed by atoms with Crippen LogP contribution in [0.3, 0.4) is 0 Å². The van der Waals surface area contributed by atoms with Gasteiger partial charge in [-0.2, -0.15) is 0 Å². The maximum atomic E-state index is 3.20. The van der Waals surface area contributed by atoms with E-state index in [1.54, 1.807) is 11.1 Å². The molecule has 2 rings (SSSR count). The zero-order chi connectivity index (χ0) is 9.10. The van der Waals surface area contributed by atoms with Crippen molar-refractivity contribution in [3.05, 3.63) is 35.4 Å². The molecule has 0 amide bonds. The van der Waals surface area contributed by atoms with Gasteiger partial charge in [-0.25, -0.2) is 0 Å². The number of aryl methyl sites for hydroxylation is 1. The van der Waals surface area contributed by atoms with E-state index in [-0.39, 0.29) is 0 Å². The van der Waals surface area contributed by atoms with E-state index < -0.39 is 0 Å². The maximum Gasteiger partial charge on any atom is -0.0159 e. The highest BCUT2D eigenvalue weighted by molar-refractivity contribution is 5.32. The Balaban J connectivity index is 2.12. The normalized spacial score (nSPS) is 16.1. The summed E-state index contributed by atoms with van der Waals surface area (Å²) in [6.07, 6.45) is 6.68. The van der Waals surface area contributed by atoms with E-state index in [2.05, 4.69) is 31.2 Å². The Morgan fingerprint density at radius 1 is 1.46 bits per heavy atom. The Hall–Kier alpha value is -0.780. The van der Waals surface area contributed by atoms with E-state index in [0.717, 1.165) is 5.92 Å². The first-order chi connectivity index (χ1) is 6.42. The third-order valence-corrected chi connectivity index (χ3v) is 2.81. The minimum atomic E-state index is 0.879. The smallest absolute Gasteiger partial charge is 0.0159 e. The van der Waals surface area contributed by atoms with E-state index in [1.807, 2.05) is 0 Å². The fourth-order valence-electron chi connectivity index (χ4n) is 1.84. The monoisotopic (exact) mass is 173 g/mol. The SMILES string of the molecule is CCCCc1cc[c]cc1C1CC1. The first kappa shape index (κ1) is 8.80. The van der Waals surface area contributed by atoms with Crippen LogP contribution in [-0.4, -0.2) is 0 Å². The lowest BCUT2D eigenvalue weighted by atomic mass is 9.99. The molecule has 0 nitrogen and oxygen atoms in total. The van der Waals surface area contributed by atoms with Crippen molar-refractivity contribution in [2.24, 2.45) is 0 Å². The van der Waals surface area contributed by atoms with Gasteiger partial charge in [-0.05, 0) is 48.8 Å². The summed E-state index contributed by atoms with van der Waals surface area (Å²) in [7, 11) is 0. The van der Waals surface area contributed by atoms with Gasteiger partial charge in [0.1, 0.15) is 0 Å². The van der Waals surface area contributed by atoms with Crippen LogP contribution in [0.1, 0.15) is 49.7 Å². The topological polar surface area (TPSA) is 0 Å². The number of benzene rings is 1. The highest BCUT2D eigenvalue weighted by Gasteiger charge is 2.25. The van der Waals surface area contributed by atoms with Crippen LogP contribution in [0.4, 0.5) is 0 Å². The zero-order valence-corrected chi connectivity index (χ0v) is 8.34. The molecule has 1 aromatic rings. The highest BCUT2D eigenvalue weighted by Crippen LogP contribution is 2.41. The fraction of sp³-hybridized carbons (Fsp3) is 0.538. The zero-order valence-electron chi connectivity index (χ0n) is 8.34. The molecule has 1 aliphatic carbocycles. The van der Waals surface area contributed by atoms with Crippen LogP contribution in [0.5, 0.6) is 0 Å². The van der Waals surface area contributed by atoms with Gasteiger partial charge < -0.3 is 0 Å². The first-order valence-corrected chi connectivity index (χ1v) is 5.40. The van der Waals surface area contributed by atoms with Gasteiger partial charge in [-0.1, -0.05) is 31.5 Å². The van der Waals surface area contributed by atoms with Crippen LogP contribution in [0.2, 0.25) is 0 Å². The molecule has 0 aliphatic heterocycles. The third kappa shape index (κ3) is 2.12. The second kappa shape index (κ2) is 3.95. The lowest BCUT2D eigenvalue weighted by Crippen LogP contribution is -1.91. The predicted molar refractivity (Wildman–Crippen MR) is 55.9 cm³/mol. The third-order valence-electron chi connectivity index (χ3n) is 2.81. The van der Waals surface area contributed by atoms with Crippen LogP contribution in [0.15, 0.2) is 18.2 Å². The average Bonchev–Trinajstić information content (AvgIpc) is 2.98. The molecule has 0 spiro atoms. The van der Waals surface area contributed by atoms with E-state index in [0.29, 0.717) is 0 Å². The van der Waals surface area contributed by atoms with Crippen molar-refractivity contribution >= 4 is 0 Å². The summed E-state index contributed by atoms with van der Waals surface area (Å²) in [6.45, 7) is 2.26. The maximum absolute atomic E-state index is 3.20. The average molecular weight is 173 g/mol. The molecule has 0 N–H and O–H groups in total. The summed E-state index contributed by atoms with van der Waals surface area (Å²) in [6, 6.07) is 9.70. The van der Waals surface area contributed by atoms with Gasteiger partial charge in [-0.3, -0.25) is 0 Å². The largest absolute Gasteiger partial charge is 0.0654 e. The molecule has 1 aromatic carbocycles. The second-order valence-corrected chi connectivity index (χ2v) is 4.00. The van der Waals surface area contributed by atoms with E-state index in [9.17, 15) is 0 Å². The molecule has 1 fully saturated rings. The quantitative estimate of drug-likeness (QED) is 0.651. The Morgan fingerprint density at radius 3 is 3.00 bits per heavy atom. The van der Waals surface area contributed by atoms with Crippen molar-refractivity contribution in [3.8, 4) is 0 Å². The van der Waals surface area contributed by atoms with E-state index in [1.165, 1.54) is 32.1 Å². The lowest BCUT2D eigenvalue weighted by Gasteiger charge is -2.06. The Morgan fingerprint density at radius 2 is 2.31 bits per heavy atom. The van der Waals surface area contributed by atoms with E-state index >= 15 is 0 Å². The lowest BCUT2D eigenvalue weighted by molar-refractivity contribution is 0.786. The fourth-order valence-corrected chi connectivity index (χ4v) is 1.84. The van der Waals surface area contributed by atoms with Gasteiger partial charge >= 0.3 is 0 Å². The molecular formula is C13H17. The molecule has 0 saturated heterocycles. The number of hydrogen-bond donors (Lipinski definition) is 0. The molecular weight excluding hydrogens is 156 g/mol. The van der Waals surface area contributed by atoms with Gasteiger partial charge in [0.05, 0.1) is 0 Å². The summed E-state index contributed by atoms with van der Waals surface area (Å²) in [5.74, 6) is 0.879. The van der Waals surface area contributed by atoms with Crippen LogP contribution in [0.25, 0.3) is 0 Å². The number of rotatable bonds is 4. The van der Waals surface area contributed by atoms with Gasteiger partial charge in [-0.15, -0.1) is 0 Å². The standard InChI is InChI=1S/C13H17/c1-2-3-6-11-7-4-5-8-13(11)12-9-10-12/h4,7-8,12H,2-3,6,9-10H2,1H3. The summed E-state index contributed by atoms with van der Waals surface area (Å²) in [4.78, 5) is 0. The Kier molecular flexibility index (Phi) is 2.68. The molecule has 1 aliphatic rings. The van der Waals surface area contributed by atoms with Gasteiger partial charge in [0, 0.05) is 0 Å². The van der Waals surface area contributed by atoms with Crippen LogP contribution >= 0.6 is 0 Å². The van der Waals surface area contributed by atoms with Gasteiger partial charge in [0.15, 0.2) is 0 Å². The molecule has 0 atom stereocenters. The number of unbranched alkanes of at least 4 members (excludes halogenated alkanes) is 1. The molecule has 69 valence electrons. The molecule has 0 unspecified atom stereocenters. The van der Waals surface area contributed by atoms with Crippen molar-refractivity contribution < 1.29 is 0 Å². The summed E-state index contributed by atoms with van der Waals surface area (Å²) in [5.41, 5.74) is 3.15. The van der Waals surface area contributed by atoms with Crippen molar-refractivity contribution in [1.29, 1.82) is 0 Å². The van der Waals surface area contributed by atoms with Crippen molar-refractivity contribution in [3.63, 3.8) is 0 Å². The van der Waals surface area contributed by atoms with Crippen molar-refractivity contribution in [2.75, 3.05) is 0 Å². The van der Waals surface area contributed by atoms with Crippen LogP contribution in [-0.2, 0) is 6.42 Å². The minimum Gasteiger partial charge on any atom is -0.0654 e. The predicted octanol–water partition coefficient (Wildman–Crippen LogP) is 3.71. The van der Waals surface area contributed by atoms with Crippen molar-refractivity contribution in [1.82, 2.24) is 0 Å². The molecule has 0 heterocycles. The molecule has 13 heavy (non-hydrogen) atoms. The molecule has 1 radical (unpaired) electrons. The highest BCUT2D eigenvalue weighted by atomic mass is 14.3. The molecule has 0 aromatic heterocycles. The van der Waals surface area contributed by atoms with Crippen molar-refractivity contribution in [2.45, 2.75) is 44.9 Å². The van der Waals surface area contributed by atoms with E-state index in [4.69, 9.17) is 0 Å². The molecule has 0 heteroatoms. The van der Waals surface area contributed by atoms with Crippen LogP contribution < -0.4 is 0 Å². The van der Waals surface area contributed by atoms with Crippen LogP contribution in [0, 0.1) is 6.07 Å². The Labute approximate surface area is 81.0 Å². The van der Waals surface area contributed by atoms with Gasteiger partial charge in [0.25, 0.3) is 0 Å². The van der Waals surface area contributed by atoms with Gasteiger partial charge in [0.2, 0.25) is 0 Å². The number of hydrogen-bond acceptors (Lipinski definition) is 0.